The number of piperidine rings is 1. The lowest BCUT2D eigenvalue weighted by molar-refractivity contribution is 0.342. The van der Waals surface area contributed by atoms with Gasteiger partial charge in [0.15, 0.2) is 0 Å². The van der Waals surface area contributed by atoms with Crippen molar-refractivity contribution in [1.82, 2.24) is 14.9 Å². The van der Waals surface area contributed by atoms with Gasteiger partial charge in [0.05, 0.1) is 0 Å². The zero-order valence-electron chi connectivity index (χ0n) is 18.1. The van der Waals surface area contributed by atoms with Crippen molar-refractivity contribution >= 4 is 11.6 Å². The van der Waals surface area contributed by atoms with E-state index in [1.54, 1.807) is 0 Å². The predicted octanol–water partition coefficient (Wildman–Crippen LogP) is 5.58. The van der Waals surface area contributed by atoms with Crippen molar-refractivity contribution in [3.05, 3.63) is 88.5 Å². The number of imidazole rings is 1. The van der Waals surface area contributed by atoms with E-state index in [4.69, 9.17) is 0 Å². The molecule has 2 aliphatic rings. The Morgan fingerprint density at radius 3 is 2.67 bits per heavy atom. The van der Waals surface area contributed by atoms with Gasteiger partial charge in [0, 0.05) is 24.9 Å². The zero-order chi connectivity index (χ0) is 20.5. The monoisotopic (exact) mass is 397 g/mol. The first-order valence-electron chi connectivity index (χ1n) is 11.3. The Morgan fingerprint density at radius 2 is 1.87 bits per heavy atom. The Balaban J connectivity index is 1.61. The van der Waals surface area contributed by atoms with E-state index in [2.05, 4.69) is 83.5 Å². The maximum Gasteiger partial charge on any atom is 0.105 e. The molecule has 0 spiro atoms. The van der Waals surface area contributed by atoms with Crippen molar-refractivity contribution in [3.8, 4) is 0 Å². The number of fused-ring (bicyclic) bond motifs is 2. The maximum atomic E-state index is 4.40. The molecule has 1 aliphatic heterocycles. The van der Waals surface area contributed by atoms with E-state index >= 15 is 0 Å². The number of hydrogen-bond donors (Lipinski definition) is 1. The molecule has 0 bridgehead atoms. The number of hydrogen-bond acceptors (Lipinski definition) is 2. The van der Waals surface area contributed by atoms with Gasteiger partial charge in [-0.15, -0.1) is 0 Å². The van der Waals surface area contributed by atoms with Crippen LogP contribution >= 0.6 is 0 Å². The summed E-state index contributed by atoms with van der Waals surface area (Å²) in [5, 5.41) is 3.55. The molecule has 0 saturated carbocycles. The van der Waals surface area contributed by atoms with Crippen LogP contribution in [0.4, 0.5) is 0 Å². The SMILES string of the molecule is Cc1ccc2c(c1)C=C(CCn1ccnc1C)c1ccccc1C2C1CCNCC1. The van der Waals surface area contributed by atoms with Crippen molar-refractivity contribution in [3.63, 3.8) is 0 Å². The fourth-order valence-corrected chi connectivity index (χ4v) is 5.37. The molecule has 3 aromatic rings. The first-order valence-corrected chi connectivity index (χ1v) is 11.3. The number of aromatic nitrogens is 2. The van der Waals surface area contributed by atoms with Gasteiger partial charge in [-0.1, -0.05) is 54.1 Å². The second kappa shape index (κ2) is 8.23. The van der Waals surface area contributed by atoms with Gasteiger partial charge < -0.3 is 9.88 Å². The smallest absolute Gasteiger partial charge is 0.105 e. The third-order valence-electron chi connectivity index (χ3n) is 6.95. The number of aryl methyl sites for hydroxylation is 3. The third-order valence-corrected chi connectivity index (χ3v) is 6.95. The molecule has 1 aromatic heterocycles. The molecule has 0 radical (unpaired) electrons. The number of nitrogens with one attached hydrogen (secondary N) is 1. The van der Waals surface area contributed by atoms with Gasteiger partial charge in [0.25, 0.3) is 0 Å². The summed E-state index contributed by atoms with van der Waals surface area (Å²) in [6, 6.07) is 16.2. The Morgan fingerprint density at radius 1 is 1.03 bits per heavy atom. The van der Waals surface area contributed by atoms with Crippen molar-refractivity contribution in [2.24, 2.45) is 5.92 Å². The van der Waals surface area contributed by atoms with E-state index in [0.29, 0.717) is 11.8 Å². The summed E-state index contributed by atoms with van der Waals surface area (Å²) in [7, 11) is 0. The fourth-order valence-electron chi connectivity index (χ4n) is 5.37. The summed E-state index contributed by atoms with van der Waals surface area (Å²) >= 11 is 0. The van der Waals surface area contributed by atoms with Crippen LogP contribution in [0.1, 0.15) is 58.8 Å². The van der Waals surface area contributed by atoms with Gasteiger partial charge >= 0.3 is 0 Å². The quantitative estimate of drug-likeness (QED) is 0.623. The highest BCUT2D eigenvalue weighted by molar-refractivity contribution is 5.86. The van der Waals surface area contributed by atoms with Crippen LogP contribution in [0.15, 0.2) is 54.9 Å². The van der Waals surface area contributed by atoms with Crippen LogP contribution in [0, 0.1) is 19.8 Å². The third kappa shape index (κ3) is 3.63. The topological polar surface area (TPSA) is 29.9 Å². The molecule has 5 rings (SSSR count). The van der Waals surface area contributed by atoms with Crippen molar-refractivity contribution < 1.29 is 0 Å². The molecule has 1 N–H and O–H groups in total. The Kier molecular flexibility index (Phi) is 5.30. The van der Waals surface area contributed by atoms with Crippen LogP contribution in [0.5, 0.6) is 0 Å². The molecule has 1 saturated heterocycles. The molecule has 1 unspecified atom stereocenters. The second-order valence-electron chi connectivity index (χ2n) is 8.87. The second-order valence-corrected chi connectivity index (χ2v) is 8.87. The fraction of sp³-hybridized carbons (Fsp3) is 0.370. The van der Waals surface area contributed by atoms with Gasteiger partial charge in [-0.2, -0.15) is 0 Å². The lowest BCUT2D eigenvalue weighted by Crippen LogP contribution is -2.31. The van der Waals surface area contributed by atoms with Gasteiger partial charge in [-0.25, -0.2) is 4.98 Å². The van der Waals surface area contributed by atoms with Crippen LogP contribution in [0.25, 0.3) is 11.6 Å². The number of allylic oxidation sites excluding steroid dienone is 1. The first kappa shape index (κ1) is 19.3. The van der Waals surface area contributed by atoms with Crippen molar-refractivity contribution in [2.45, 2.75) is 45.6 Å². The Labute approximate surface area is 179 Å². The molecule has 1 fully saturated rings. The first-order chi connectivity index (χ1) is 14.7. The van der Waals surface area contributed by atoms with E-state index in [9.17, 15) is 0 Å². The minimum atomic E-state index is 0.475. The Hall–Kier alpha value is -2.65. The molecule has 2 heterocycles. The zero-order valence-corrected chi connectivity index (χ0v) is 18.1. The van der Waals surface area contributed by atoms with Crippen LogP contribution < -0.4 is 5.32 Å². The van der Waals surface area contributed by atoms with Crippen molar-refractivity contribution in [1.29, 1.82) is 0 Å². The molecule has 1 aliphatic carbocycles. The summed E-state index contributed by atoms with van der Waals surface area (Å²) < 4.78 is 2.26. The Bertz CT molecular complexity index is 1070. The summed E-state index contributed by atoms with van der Waals surface area (Å²) in [5.41, 5.74) is 8.65. The highest BCUT2D eigenvalue weighted by Crippen LogP contribution is 2.45. The van der Waals surface area contributed by atoms with Gasteiger partial charge in [0.1, 0.15) is 5.82 Å². The highest BCUT2D eigenvalue weighted by Gasteiger charge is 2.31. The molecule has 3 nitrogen and oxygen atoms in total. The largest absolute Gasteiger partial charge is 0.335 e. The average Bonchev–Trinajstić information content (AvgIpc) is 3.12. The summed E-state index contributed by atoms with van der Waals surface area (Å²) in [4.78, 5) is 4.40. The van der Waals surface area contributed by atoms with E-state index < -0.39 is 0 Å². The lowest BCUT2D eigenvalue weighted by atomic mass is 9.74. The van der Waals surface area contributed by atoms with Crippen LogP contribution in [-0.4, -0.2) is 22.6 Å². The maximum absolute atomic E-state index is 4.40. The van der Waals surface area contributed by atoms with Gasteiger partial charge in [0.2, 0.25) is 0 Å². The number of benzene rings is 2. The molecule has 1 atom stereocenters. The van der Waals surface area contributed by atoms with E-state index in [-0.39, 0.29) is 0 Å². The molecule has 154 valence electrons. The molecule has 3 heteroatoms. The minimum Gasteiger partial charge on any atom is -0.335 e. The normalized spacial score (nSPS) is 19.0. The van der Waals surface area contributed by atoms with E-state index in [0.717, 1.165) is 31.9 Å². The van der Waals surface area contributed by atoms with E-state index in [1.807, 2.05) is 6.20 Å². The van der Waals surface area contributed by atoms with Crippen LogP contribution in [-0.2, 0) is 6.54 Å². The predicted molar refractivity (Wildman–Crippen MR) is 125 cm³/mol. The van der Waals surface area contributed by atoms with E-state index in [1.165, 1.54) is 46.2 Å². The molecule has 30 heavy (non-hydrogen) atoms. The van der Waals surface area contributed by atoms with Gasteiger partial charge in [-0.3, -0.25) is 0 Å². The average molecular weight is 398 g/mol. The standard InChI is InChI=1S/C27H31N3/c1-19-7-8-25-23(17-19)18-22(11-15-30-16-14-29-20(30)2)24-5-3-4-6-26(24)27(25)21-9-12-28-13-10-21/h3-8,14,16-18,21,27-28H,9-13,15H2,1-2H3. The summed E-state index contributed by atoms with van der Waals surface area (Å²) in [6.45, 7) is 7.52. The summed E-state index contributed by atoms with van der Waals surface area (Å²) in [6.07, 6.45) is 9.96. The number of rotatable bonds is 4. The molecule has 2 aromatic carbocycles. The highest BCUT2D eigenvalue weighted by atomic mass is 15.0. The molecular formula is C27H31N3. The molecular weight excluding hydrogens is 366 g/mol. The molecule has 0 amide bonds. The summed E-state index contributed by atoms with van der Waals surface area (Å²) in [5.74, 6) is 2.25. The van der Waals surface area contributed by atoms with Crippen LogP contribution in [0.3, 0.4) is 0 Å². The van der Waals surface area contributed by atoms with Crippen molar-refractivity contribution in [2.75, 3.05) is 13.1 Å². The number of nitrogens with zero attached hydrogens (tertiary/aromatic N) is 2. The van der Waals surface area contributed by atoms with Crippen LogP contribution in [0.2, 0.25) is 0 Å². The minimum absolute atomic E-state index is 0.475. The lowest BCUT2D eigenvalue weighted by Gasteiger charge is -2.33. The van der Waals surface area contributed by atoms with Gasteiger partial charge in [-0.05, 0) is 79.9 Å².